The standard InChI is InChI=1S/C12H19N3S/c1-12(2,5-3-6-13)10-14-7-4-11-15-8-9-16-11/h8-9,14H,3-5,7,10H2,1-2H3. The minimum Gasteiger partial charge on any atom is -0.316 e. The molecule has 0 spiro atoms. The molecule has 0 aliphatic rings. The molecule has 16 heavy (non-hydrogen) atoms. The van der Waals surface area contributed by atoms with Crippen LogP contribution in [0, 0.1) is 16.7 Å². The van der Waals surface area contributed by atoms with Gasteiger partial charge in [-0.2, -0.15) is 5.26 Å². The molecule has 0 fully saturated rings. The van der Waals surface area contributed by atoms with Crippen molar-refractivity contribution >= 4 is 11.3 Å². The molecule has 1 aromatic rings. The summed E-state index contributed by atoms with van der Waals surface area (Å²) in [6.45, 7) is 6.31. The van der Waals surface area contributed by atoms with E-state index in [4.69, 9.17) is 5.26 Å². The van der Waals surface area contributed by atoms with E-state index in [1.807, 2.05) is 11.6 Å². The number of nitrogens with one attached hydrogen (secondary N) is 1. The Morgan fingerprint density at radius 3 is 3.00 bits per heavy atom. The van der Waals surface area contributed by atoms with Gasteiger partial charge >= 0.3 is 0 Å². The van der Waals surface area contributed by atoms with Crippen LogP contribution in [0.2, 0.25) is 0 Å². The number of rotatable bonds is 7. The van der Waals surface area contributed by atoms with Gasteiger partial charge in [-0.05, 0) is 11.8 Å². The molecule has 0 saturated heterocycles. The molecule has 1 heterocycles. The monoisotopic (exact) mass is 237 g/mol. The normalized spacial score (nSPS) is 11.3. The van der Waals surface area contributed by atoms with Crippen LogP contribution >= 0.6 is 11.3 Å². The van der Waals surface area contributed by atoms with Crippen molar-refractivity contribution in [3.05, 3.63) is 16.6 Å². The zero-order valence-electron chi connectivity index (χ0n) is 9.99. The van der Waals surface area contributed by atoms with Crippen LogP contribution in [0.15, 0.2) is 11.6 Å². The molecule has 0 atom stereocenters. The third-order valence-corrected chi connectivity index (χ3v) is 3.36. The predicted molar refractivity (Wildman–Crippen MR) is 67.3 cm³/mol. The molecule has 4 heteroatoms. The van der Waals surface area contributed by atoms with E-state index >= 15 is 0 Å². The first-order chi connectivity index (χ1) is 7.64. The Labute approximate surface area is 102 Å². The van der Waals surface area contributed by atoms with Crippen LogP contribution in [0.1, 0.15) is 31.7 Å². The summed E-state index contributed by atoms with van der Waals surface area (Å²) in [6, 6.07) is 2.20. The Hall–Kier alpha value is -0.920. The summed E-state index contributed by atoms with van der Waals surface area (Å²) in [5, 5.41) is 15.2. The predicted octanol–water partition coefficient (Wildman–Crippen LogP) is 2.61. The van der Waals surface area contributed by atoms with E-state index in [0.717, 1.165) is 25.9 Å². The largest absolute Gasteiger partial charge is 0.316 e. The van der Waals surface area contributed by atoms with E-state index in [9.17, 15) is 0 Å². The molecule has 0 radical (unpaired) electrons. The van der Waals surface area contributed by atoms with Crippen molar-refractivity contribution < 1.29 is 0 Å². The second kappa shape index (κ2) is 6.62. The van der Waals surface area contributed by atoms with Gasteiger partial charge in [-0.1, -0.05) is 13.8 Å². The fraction of sp³-hybridized carbons (Fsp3) is 0.667. The van der Waals surface area contributed by atoms with Gasteiger partial charge in [0.1, 0.15) is 0 Å². The zero-order chi connectivity index (χ0) is 11.9. The third kappa shape index (κ3) is 5.24. The highest BCUT2D eigenvalue weighted by Gasteiger charge is 2.16. The Balaban J connectivity index is 2.12. The van der Waals surface area contributed by atoms with Gasteiger partial charge in [0.25, 0.3) is 0 Å². The third-order valence-electron chi connectivity index (χ3n) is 2.52. The second-order valence-corrected chi connectivity index (χ2v) is 5.65. The lowest BCUT2D eigenvalue weighted by Crippen LogP contribution is -2.30. The summed E-state index contributed by atoms with van der Waals surface area (Å²) in [6.07, 6.45) is 4.43. The topological polar surface area (TPSA) is 48.7 Å². The van der Waals surface area contributed by atoms with E-state index < -0.39 is 0 Å². The molecular formula is C12H19N3S. The maximum Gasteiger partial charge on any atom is 0.0937 e. The summed E-state index contributed by atoms with van der Waals surface area (Å²) < 4.78 is 0. The summed E-state index contributed by atoms with van der Waals surface area (Å²) in [5.74, 6) is 0. The molecule has 0 aliphatic carbocycles. The summed E-state index contributed by atoms with van der Waals surface area (Å²) >= 11 is 1.70. The molecule has 0 saturated carbocycles. The molecule has 1 rings (SSSR count). The van der Waals surface area contributed by atoms with Crippen LogP contribution in [0.4, 0.5) is 0 Å². The first-order valence-corrected chi connectivity index (χ1v) is 6.48. The number of hydrogen-bond donors (Lipinski definition) is 1. The van der Waals surface area contributed by atoms with Gasteiger partial charge in [0.2, 0.25) is 0 Å². The van der Waals surface area contributed by atoms with E-state index in [0.29, 0.717) is 6.42 Å². The molecule has 0 aliphatic heterocycles. The Morgan fingerprint density at radius 1 is 1.56 bits per heavy atom. The number of hydrogen-bond acceptors (Lipinski definition) is 4. The molecule has 0 amide bonds. The number of nitrogens with zero attached hydrogens (tertiary/aromatic N) is 2. The molecule has 1 aromatic heterocycles. The SMILES string of the molecule is CC(C)(CCC#N)CNCCc1nccs1. The molecule has 88 valence electrons. The Kier molecular flexibility index (Phi) is 5.44. The quantitative estimate of drug-likeness (QED) is 0.742. The van der Waals surface area contributed by atoms with Gasteiger partial charge < -0.3 is 5.32 Å². The van der Waals surface area contributed by atoms with Gasteiger partial charge in [0.05, 0.1) is 11.1 Å². The van der Waals surface area contributed by atoms with Crippen molar-refractivity contribution in [1.82, 2.24) is 10.3 Å². The summed E-state index contributed by atoms with van der Waals surface area (Å²) in [7, 11) is 0. The van der Waals surface area contributed by atoms with Gasteiger partial charge in [-0.15, -0.1) is 11.3 Å². The smallest absolute Gasteiger partial charge is 0.0937 e. The van der Waals surface area contributed by atoms with Crippen LogP contribution in [0.3, 0.4) is 0 Å². The fourth-order valence-electron chi connectivity index (χ4n) is 1.48. The molecule has 0 aromatic carbocycles. The number of nitriles is 1. The zero-order valence-corrected chi connectivity index (χ0v) is 10.8. The fourth-order valence-corrected chi connectivity index (χ4v) is 2.10. The van der Waals surface area contributed by atoms with Gasteiger partial charge in [0, 0.05) is 37.5 Å². The maximum absolute atomic E-state index is 8.55. The summed E-state index contributed by atoms with van der Waals surface area (Å²) in [4.78, 5) is 4.24. The first kappa shape index (κ1) is 13.1. The molecule has 3 nitrogen and oxygen atoms in total. The lowest BCUT2D eigenvalue weighted by atomic mass is 9.88. The highest BCUT2D eigenvalue weighted by Crippen LogP contribution is 2.20. The maximum atomic E-state index is 8.55. The molecule has 0 bridgehead atoms. The van der Waals surface area contributed by atoms with Crippen LogP contribution in [-0.2, 0) is 6.42 Å². The van der Waals surface area contributed by atoms with E-state index in [1.165, 1.54) is 5.01 Å². The van der Waals surface area contributed by atoms with Gasteiger partial charge in [-0.3, -0.25) is 0 Å². The lowest BCUT2D eigenvalue weighted by Gasteiger charge is -2.23. The molecule has 1 N–H and O–H groups in total. The van der Waals surface area contributed by atoms with Crippen molar-refractivity contribution in [3.8, 4) is 6.07 Å². The number of thiazole rings is 1. The van der Waals surface area contributed by atoms with Crippen molar-refractivity contribution in [2.24, 2.45) is 5.41 Å². The average molecular weight is 237 g/mol. The first-order valence-electron chi connectivity index (χ1n) is 5.60. The minimum absolute atomic E-state index is 0.207. The van der Waals surface area contributed by atoms with Crippen LogP contribution in [-0.4, -0.2) is 18.1 Å². The summed E-state index contributed by atoms with van der Waals surface area (Å²) in [5.41, 5.74) is 0.207. The van der Waals surface area contributed by atoms with Crippen LogP contribution in [0.25, 0.3) is 0 Å². The second-order valence-electron chi connectivity index (χ2n) is 4.67. The molecule has 0 unspecified atom stereocenters. The highest BCUT2D eigenvalue weighted by atomic mass is 32.1. The van der Waals surface area contributed by atoms with Gasteiger partial charge in [0.15, 0.2) is 0 Å². The van der Waals surface area contributed by atoms with Gasteiger partial charge in [-0.25, -0.2) is 4.98 Å². The van der Waals surface area contributed by atoms with Crippen LogP contribution in [0.5, 0.6) is 0 Å². The van der Waals surface area contributed by atoms with E-state index in [-0.39, 0.29) is 5.41 Å². The number of aromatic nitrogens is 1. The van der Waals surface area contributed by atoms with E-state index in [1.54, 1.807) is 11.3 Å². The minimum atomic E-state index is 0.207. The van der Waals surface area contributed by atoms with Crippen molar-refractivity contribution in [2.75, 3.05) is 13.1 Å². The van der Waals surface area contributed by atoms with Crippen molar-refractivity contribution in [3.63, 3.8) is 0 Å². The van der Waals surface area contributed by atoms with Crippen molar-refractivity contribution in [2.45, 2.75) is 33.1 Å². The average Bonchev–Trinajstić information content (AvgIpc) is 2.75. The van der Waals surface area contributed by atoms with Crippen molar-refractivity contribution in [1.29, 1.82) is 5.26 Å². The highest BCUT2D eigenvalue weighted by molar-refractivity contribution is 7.09. The van der Waals surface area contributed by atoms with Crippen LogP contribution < -0.4 is 5.32 Å². The molecular weight excluding hydrogens is 218 g/mol. The Bertz CT molecular complexity index is 325. The van der Waals surface area contributed by atoms with E-state index in [2.05, 4.69) is 30.2 Å². The lowest BCUT2D eigenvalue weighted by molar-refractivity contribution is 0.319. The Morgan fingerprint density at radius 2 is 2.38 bits per heavy atom.